The van der Waals surface area contributed by atoms with Crippen molar-refractivity contribution in [1.29, 1.82) is 0 Å². The van der Waals surface area contributed by atoms with E-state index < -0.39 is 17.8 Å². The van der Waals surface area contributed by atoms with E-state index in [2.05, 4.69) is 15.9 Å². The standard InChI is InChI=1S/C14H17BrFNO2/c1-17(11-7-2-3-8-12(11)18)14(19)13-9(15)5-4-6-10(13)16/h4-6,11-12,18H,2-3,7-8H2,1H3. The van der Waals surface area contributed by atoms with E-state index in [9.17, 15) is 14.3 Å². The number of hydrogen-bond donors (Lipinski definition) is 1. The highest BCUT2D eigenvalue weighted by molar-refractivity contribution is 9.10. The van der Waals surface area contributed by atoms with Crippen LogP contribution in [0, 0.1) is 5.82 Å². The molecular weight excluding hydrogens is 313 g/mol. The van der Waals surface area contributed by atoms with E-state index in [1.165, 1.54) is 11.0 Å². The number of amides is 1. The highest BCUT2D eigenvalue weighted by Crippen LogP contribution is 2.26. The number of carbonyl (C=O) groups is 1. The molecule has 19 heavy (non-hydrogen) atoms. The van der Waals surface area contributed by atoms with E-state index in [1.54, 1.807) is 19.2 Å². The predicted molar refractivity (Wildman–Crippen MR) is 74.5 cm³/mol. The lowest BCUT2D eigenvalue weighted by atomic mass is 9.91. The molecular formula is C14H17BrFNO2. The van der Waals surface area contributed by atoms with Crippen molar-refractivity contribution in [1.82, 2.24) is 4.90 Å². The third-order valence-electron chi connectivity index (χ3n) is 3.69. The van der Waals surface area contributed by atoms with Gasteiger partial charge in [0.25, 0.3) is 5.91 Å². The van der Waals surface area contributed by atoms with Gasteiger partial charge >= 0.3 is 0 Å². The minimum Gasteiger partial charge on any atom is -0.391 e. The molecule has 1 aliphatic carbocycles. The van der Waals surface area contributed by atoms with Crippen LogP contribution >= 0.6 is 15.9 Å². The van der Waals surface area contributed by atoms with Crippen molar-refractivity contribution >= 4 is 21.8 Å². The second kappa shape index (κ2) is 6.01. The molecule has 1 saturated carbocycles. The van der Waals surface area contributed by atoms with E-state index >= 15 is 0 Å². The normalized spacial score (nSPS) is 23.2. The van der Waals surface area contributed by atoms with Crippen molar-refractivity contribution < 1.29 is 14.3 Å². The van der Waals surface area contributed by atoms with E-state index in [0.717, 1.165) is 19.3 Å². The summed E-state index contributed by atoms with van der Waals surface area (Å²) < 4.78 is 14.2. The Morgan fingerprint density at radius 2 is 2.11 bits per heavy atom. The molecule has 1 fully saturated rings. The summed E-state index contributed by atoms with van der Waals surface area (Å²) in [7, 11) is 1.63. The molecule has 0 heterocycles. The Labute approximate surface area is 120 Å². The number of carbonyl (C=O) groups excluding carboxylic acids is 1. The molecule has 0 aromatic heterocycles. The first-order valence-electron chi connectivity index (χ1n) is 6.41. The number of aliphatic hydroxyl groups is 1. The summed E-state index contributed by atoms with van der Waals surface area (Å²) in [5.74, 6) is -0.938. The average Bonchev–Trinajstić information content (AvgIpc) is 2.38. The van der Waals surface area contributed by atoms with Gasteiger partial charge in [-0.15, -0.1) is 0 Å². The first-order chi connectivity index (χ1) is 9.02. The van der Waals surface area contributed by atoms with Gasteiger partial charge in [-0.25, -0.2) is 4.39 Å². The number of rotatable bonds is 2. The fraction of sp³-hybridized carbons (Fsp3) is 0.500. The molecule has 104 valence electrons. The van der Waals surface area contributed by atoms with Crippen molar-refractivity contribution in [3.63, 3.8) is 0 Å². The second-order valence-corrected chi connectivity index (χ2v) is 5.79. The van der Waals surface area contributed by atoms with Gasteiger partial charge < -0.3 is 10.0 Å². The molecule has 5 heteroatoms. The lowest BCUT2D eigenvalue weighted by molar-refractivity contribution is 0.0264. The summed E-state index contributed by atoms with van der Waals surface area (Å²) in [6.45, 7) is 0. The molecule has 0 aliphatic heterocycles. The van der Waals surface area contributed by atoms with Crippen LogP contribution in [-0.2, 0) is 0 Å². The molecule has 1 aromatic carbocycles. The Balaban J connectivity index is 2.23. The van der Waals surface area contributed by atoms with Crippen LogP contribution in [0.5, 0.6) is 0 Å². The van der Waals surface area contributed by atoms with Gasteiger partial charge in [0.15, 0.2) is 0 Å². The Kier molecular flexibility index (Phi) is 4.58. The van der Waals surface area contributed by atoms with Crippen LogP contribution in [-0.4, -0.2) is 35.1 Å². The lowest BCUT2D eigenvalue weighted by Crippen LogP contribution is -2.46. The van der Waals surface area contributed by atoms with Crippen LogP contribution in [0.25, 0.3) is 0 Å². The molecule has 1 N–H and O–H groups in total. The molecule has 0 bridgehead atoms. The summed E-state index contributed by atoms with van der Waals surface area (Å²) >= 11 is 3.21. The highest BCUT2D eigenvalue weighted by atomic mass is 79.9. The fourth-order valence-corrected chi connectivity index (χ4v) is 3.08. The molecule has 2 rings (SSSR count). The highest BCUT2D eigenvalue weighted by Gasteiger charge is 2.31. The van der Waals surface area contributed by atoms with Crippen molar-refractivity contribution in [2.45, 2.75) is 37.8 Å². The maximum absolute atomic E-state index is 13.8. The molecule has 3 nitrogen and oxygen atoms in total. The first kappa shape index (κ1) is 14.5. The molecule has 0 radical (unpaired) electrons. The zero-order valence-electron chi connectivity index (χ0n) is 10.8. The van der Waals surface area contributed by atoms with Crippen LogP contribution in [0.15, 0.2) is 22.7 Å². The van der Waals surface area contributed by atoms with Crippen LogP contribution in [0.1, 0.15) is 36.0 Å². The Bertz CT molecular complexity index is 460. The van der Waals surface area contributed by atoms with E-state index in [1.807, 2.05) is 0 Å². The van der Waals surface area contributed by atoms with Crippen molar-refractivity contribution in [2.24, 2.45) is 0 Å². The maximum atomic E-state index is 13.8. The van der Waals surface area contributed by atoms with Gasteiger partial charge in [0, 0.05) is 11.5 Å². The molecule has 2 unspecified atom stereocenters. The predicted octanol–water partition coefficient (Wildman–Crippen LogP) is 2.96. The van der Waals surface area contributed by atoms with E-state index in [0.29, 0.717) is 10.9 Å². The minimum absolute atomic E-state index is 0.0303. The number of halogens is 2. The third-order valence-corrected chi connectivity index (χ3v) is 4.35. The number of aliphatic hydroxyl groups excluding tert-OH is 1. The molecule has 2 atom stereocenters. The summed E-state index contributed by atoms with van der Waals surface area (Å²) in [5.41, 5.74) is 0.0303. The summed E-state index contributed by atoms with van der Waals surface area (Å²) in [4.78, 5) is 13.8. The van der Waals surface area contributed by atoms with Gasteiger partial charge in [-0.05, 0) is 40.9 Å². The fourth-order valence-electron chi connectivity index (χ4n) is 2.57. The van der Waals surface area contributed by atoms with Gasteiger partial charge in [0.2, 0.25) is 0 Å². The Morgan fingerprint density at radius 3 is 2.74 bits per heavy atom. The van der Waals surface area contributed by atoms with Crippen LogP contribution in [0.3, 0.4) is 0 Å². The van der Waals surface area contributed by atoms with Crippen LogP contribution in [0.4, 0.5) is 4.39 Å². The summed E-state index contributed by atoms with van der Waals surface area (Å²) in [6, 6.07) is 4.23. The average molecular weight is 330 g/mol. The third kappa shape index (κ3) is 2.98. The number of nitrogens with zero attached hydrogens (tertiary/aromatic N) is 1. The van der Waals surface area contributed by atoms with Gasteiger partial charge in [-0.1, -0.05) is 18.9 Å². The largest absolute Gasteiger partial charge is 0.391 e. The number of hydrogen-bond acceptors (Lipinski definition) is 2. The van der Waals surface area contributed by atoms with Crippen LogP contribution < -0.4 is 0 Å². The lowest BCUT2D eigenvalue weighted by Gasteiger charge is -2.35. The van der Waals surface area contributed by atoms with Gasteiger partial charge in [-0.2, -0.15) is 0 Å². The van der Waals surface area contributed by atoms with E-state index in [4.69, 9.17) is 0 Å². The Hall–Kier alpha value is -0.940. The number of likely N-dealkylation sites (N-methyl/N-ethyl adjacent to an activating group) is 1. The van der Waals surface area contributed by atoms with Crippen molar-refractivity contribution in [2.75, 3.05) is 7.05 Å². The molecule has 1 aromatic rings. The summed E-state index contributed by atoms with van der Waals surface area (Å²) in [5, 5.41) is 9.97. The van der Waals surface area contributed by atoms with Crippen molar-refractivity contribution in [3.8, 4) is 0 Å². The molecule has 0 saturated heterocycles. The van der Waals surface area contributed by atoms with Gasteiger partial charge in [0.1, 0.15) is 5.82 Å². The van der Waals surface area contributed by atoms with Crippen molar-refractivity contribution in [3.05, 3.63) is 34.1 Å². The van der Waals surface area contributed by atoms with Gasteiger partial charge in [-0.3, -0.25) is 4.79 Å². The zero-order valence-corrected chi connectivity index (χ0v) is 12.4. The van der Waals surface area contributed by atoms with E-state index in [-0.39, 0.29) is 11.6 Å². The van der Waals surface area contributed by atoms with Crippen LogP contribution in [0.2, 0.25) is 0 Å². The second-order valence-electron chi connectivity index (χ2n) is 4.93. The molecule has 1 aliphatic rings. The SMILES string of the molecule is CN(C(=O)c1c(F)cccc1Br)C1CCCCC1O. The first-order valence-corrected chi connectivity index (χ1v) is 7.21. The smallest absolute Gasteiger partial charge is 0.258 e. The molecule has 0 spiro atoms. The maximum Gasteiger partial charge on any atom is 0.258 e. The van der Waals surface area contributed by atoms with Gasteiger partial charge in [0.05, 0.1) is 17.7 Å². The summed E-state index contributed by atoms with van der Waals surface area (Å²) in [6.07, 6.45) is 2.89. The Morgan fingerprint density at radius 1 is 1.42 bits per heavy atom. The zero-order chi connectivity index (χ0) is 14.0. The monoisotopic (exact) mass is 329 g/mol. The number of benzene rings is 1. The molecule has 1 amide bonds. The topological polar surface area (TPSA) is 40.5 Å². The quantitative estimate of drug-likeness (QED) is 0.906. The minimum atomic E-state index is -0.545.